The lowest BCUT2D eigenvalue weighted by atomic mass is 10.0. The highest BCUT2D eigenvalue weighted by atomic mass is 35.5. The van der Waals surface area contributed by atoms with Gasteiger partial charge in [-0.05, 0) is 31.8 Å². The Labute approximate surface area is 310 Å². The van der Waals surface area contributed by atoms with Crippen LogP contribution >= 0.6 is 0 Å². The smallest absolute Gasteiger partial charge is 0.0766 e. The van der Waals surface area contributed by atoms with Gasteiger partial charge in [-0.25, -0.2) is 0 Å². The minimum Gasteiger partial charge on any atom is -1.00 e. The number of carboxylic acids is 1. The Balaban J connectivity index is -0.000000346. The van der Waals surface area contributed by atoms with Gasteiger partial charge in [-0.15, -0.1) is 0 Å². The Morgan fingerprint density at radius 1 is 0.417 bits per heavy atom. The van der Waals surface area contributed by atoms with E-state index in [2.05, 4.69) is 48.6 Å². The normalized spacial score (nSPS) is 10.7. The van der Waals surface area contributed by atoms with Gasteiger partial charge in [-0.2, -0.15) is 0 Å². The SMILES string of the molecule is C=CC(=O)[O-].CCCCCCCCCCCCCCCCCC[NH+](C)C.CCCCCCCCCCCCCCCCCC[NH+](C)C.[Cl-]. The van der Waals surface area contributed by atoms with Crippen LogP contribution in [0.1, 0.15) is 219 Å². The molecule has 0 atom stereocenters. The molecule has 0 aromatic heterocycles. The lowest BCUT2D eigenvalue weighted by molar-refractivity contribution is -0.858. The van der Waals surface area contributed by atoms with E-state index in [4.69, 9.17) is 9.90 Å². The molecule has 2 N–H and O–H groups in total. The second kappa shape index (κ2) is 50.8. The highest BCUT2D eigenvalue weighted by Crippen LogP contribution is 2.15. The molecule has 0 saturated heterocycles. The number of hydrogen-bond donors (Lipinski definition) is 2. The molecule has 0 heterocycles. The minimum atomic E-state index is -1.23. The molecule has 0 aromatic rings. The maximum Gasteiger partial charge on any atom is 0.0766 e. The maximum absolute atomic E-state index is 9.14. The molecule has 0 bridgehead atoms. The molecule has 292 valence electrons. The molecule has 0 saturated carbocycles. The van der Waals surface area contributed by atoms with E-state index >= 15 is 0 Å². The van der Waals surface area contributed by atoms with Crippen molar-refractivity contribution in [3.8, 4) is 0 Å². The Morgan fingerprint density at radius 3 is 0.688 bits per heavy atom. The number of carbonyl (C=O) groups is 1. The summed E-state index contributed by atoms with van der Waals surface area (Å²) < 4.78 is 0. The van der Waals surface area contributed by atoms with Gasteiger partial charge in [-0.3, -0.25) is 0 Å². The van der Waals surface area contributed by atoms with Crippen LogP contribution in [0, 0.1) is 0 Å². The predicted octanol–water partition coefficient (Wildman–Crippen LogP) is 6.71. The molecule has 48 heavy (non-hydrogen) atoms. The topological polar surface area (TPSA) is 49.0 Å². The molecule has 0 aliphatic carbocycles. The number of nitrogens with one attached hydrogen (secondary N) is 2. The Bertz CT molecular complexity index is 531. The molecule has 0 aliphatic heterocycles. The van der Waals surface area contributed by atoms with Crippen molar-refractivity contribution >= 4 is 5.97 Å². The first kappa shape index (κ1) is 54.2. The summed E-state index contributed by atoms with van der Waals surface area (Å²) in [4.78, 5) is 12.3. The lowest BCUT2D eigenvalue weighted by Crippen LogP contribution is -3.05. The van der Waals surface area contributed by atoms with E-state index in [9.17, 15) is 0 Å². The summed E-state index contributed by atoms with van der Waals surface area (Å²) in [5, 5.41) is 9.14. The van der Waals surface area contributed by atoms with E-state index in [-0.39, 0.29) is 12.4 Å². The Hall–Kier alpha value is -0.580. The van der Waals surface area contributed by atoms with Gasteiger partial charge in [0.15, 0.2) is 0 Å². The minimum absolute atomic E-state index is 0. The van der Waals surface area contributed by atoms with Crippen molar-refractivity contribution in [2.75, 3.05) is 41.3 Å². The van der Waals surface area contributed by atoms with Gasteiger partial charge < -0.3 is 32.1 Å². The second-order valence-electron chi connectivity index (χ2n) is 15.0. The highest BCUT2D eigenvalue weighted by Gasteiger charge is 1.97. The first-order valence-electron chi connectivity index (χ1n) is 21.2. The maximum atomic E-state index is 9.14. The van der Waals surface area contributed by atoms with Crippen LogP contribution in [0.4, 0.5) is 0 Å². The summed E-state index contributed by atoms with van der Waals surface area (Å²) in [5.74, 6) is -1.23. The molecule has 0 amide bonds. The fraction of sp³-hybridized carbons (Fsp3) is 0.930. The number of halogens is 1. The molecular formula is C43H91ClN2O2. The van der Waals surface area contributed by atoms with Crippen molar-refractivity contribution < 1.29 is 32.1 Å². The van der Waals surface area contributed by atoms with Crippen molar-refractivity contribution in [2.45, 2.75) is 219 Å². The second-order valence-corrected chi connectivity index (χ2v) is 15.0. The number of carbonyl (C=O) groups excluding carboxylic acids is 1. The quantitative estimate of drug-likeness (QED) is 0.0570. The van der Waals surface area contributed by atoms with E-state index in [1.165, 1.54) is 219 Å². The summed E-state index contributed by atoms with van der Waals surface area (Å²) >= 11 is 0. The summed E-state index contributed by atoms with van der Waals surface area (Å²) in [6.07, 6.45) is 47.6. The van der Waals surface area contributed by atoms with Crippen LogP contribution in [-0.4, -0.2) is 47.2 Å². The van der Waals surface area contributed by atoms with E-state index in [0.717, 1.165) is 6.08 Å². The predicted molar refractivity (Wildman–Crippen MR) is 210 cm³/mol. The third-order valence-electron chi connectivity index (χ3n) is 9.23. The average molecular weight is 704 g/mol. The fourth-order valence-electron chi connectivity index (χ4n) is 6.05. The Morgan fingerprint density at radius 2 is 0.562 bits per heavy atom. The summed E-state index contributed by atoms with van der Waals surface area (Å²) in [5.41, 5.74) is 0. The van der Waals surface area contributed by atoms with Crippen molar-refractivity contribution in [3.05, 3.63) is 12.7 Å². The zero-order valence-corrected chi connectivity index (χ0v) is 34.8. The largest absolute Gasteiger partial charge is 1.00 e. The molecule has 0 unspecified atom stereocenters. The van der Waals surface area contributed by atoms with E-state index < -0.39 is 5.97 Å². The molecule has 0 rings (SSSR count). The van der Waals surface area contributed by atoms with Crippen LogP contribution in [0.3, 0.4) is 0 Å². The lowest BCUT2D eigenvalue weighted by Gasteiger charge is -2.06. The van der Waals surface area contributed by atoms with Crippen molar-refractivity contribution in [2.24, 2.45) is 0 Å². The molecule has 0 aromatic carbocycles. The number of rotatable bonds is 35. The van der Waals surface area contributed by atoms with Crippen LogP contribution in [0.25, 0.3) is 0 Å². The van der Waals surface area contributed by atoms with Gasteiger partial charge in [0.05, 0.1) is 47.2 Å². The van der Waals surface area contributed by atoms with Gasteiger partial charge in [0.2, 0.25) is 0 Å². The van der Waals surface area contributed by atoms with Crippen LogP contribution in [0.15, 0.2) is 12.7 Å². The van der Waals surface area contributed by atoms with Gasteiger partial charge in [0.25, 0.3) is 0 Å². The third kappa shape index (κ3) is 64.0. The number of hydrogen-bond acceptors (Lipinski definition) is 2. The van der Waals surface area contributed by atoms with Crippen molar-refractivity contribution in [1.29, 1.82) is 0 Å². The zero-order chi connectivity index (χ0) is 35.5. The molecule has 4 nitrogen and oxygen atoms in total. The Kier molecular flexibility index (Phi) is 57.4. The van der Waals surface area contributed by atoms with E-state index in [0.29, 0.717) is 0 Å². The summed E-state index contributed by atoms with van der Waals surface area (Å²) in [7, 11) is 9.02. The molecule has 0 radical (unpaired) electrons. The first-order valence-corrected chi connectivity index (χ1v) is 21.2. The molecule has 0 spiro atoms. The summed E-state index contributed by atoms with van der Waals surface area (Å²) in [6, 6.07) is 0. The van der Waals surface area contributed by atoms with Gasteiger partial charge in [0.1, 0.15) is 0 Å². The third-order valence-corrected chi connectivity index (χ3v) is 9.23. The number of quaternary nitrogens is 2. The standard InChI is InChI=1S/2C20H43N.C3H4O2.ClH/c2*1-4-5-6-7-8-9-10-11-12-13-14-15-16-17-18-19-20-21(2)3;1-2-3(4)5;/h2*4-20H2,1-3H3;2H,1H2,(H,4,5);1H. The van der Waals surface area contributed by atoms with Crippen LogP contribution in [0.5, 0.6) is 0 Å². The van der Waals surface area contributed by atoms with Crippen LogP contribution in [-0.2, 0) is 4.79 Å². The average Bonchev–Trinajstić information content (AvgIpc) is 3.04. The highest BCUT2D eigenvalue weighted by molar-refractivity contribution is 5.76. The van der Waals surface area contributed by atoms with Gasteiger partial charge in [-0.1, -0.05) is 200 Å². The molecule has 5 heteroatoms. The van der Waals surface area contributed by atoms with Gasteiger partial charge >= 0.3 is 0 Å². The van der Waals surface area contributed by atoms with Crippen molar-refractivity contribution in [1.82, 2.24) is 0 Å². The van der Waals surface area contributed by atoms with Crippen molar-refractivity contribution in [3.63, 3.8) is 0 Å². The zero-order valence-electron chi connectivity index (χ0n) is 34.0. The number of carboxylic acid groups (broad SMARTS) is 1. The van der Waals surface area contributed by atoms with E-state index in [1.54, 1.807) is 9.80 Å². The molecule has 0 aliphatic rings. The first-order chi connectivity index (χ1) is 22.8. The summed E-state index contributed by atoms with van der Waals surface area (Å²) in [6.45, 7) is 10.2. The molecule has 0 fully saturated rings. The number of unbranched alkanes of at least 4 members (excludes halogenated alkanes) is 30. The van der Waals surface area contributed by atoms with Gasteiger partial charge in [0, 0.05) is 0 Å². The number of aliphatic carboxylic acids is 1. The fourth-order valence-corrected chi connectivity index (χ4v) is 6.05. The van der Waals surface area contributed by atoms with Crippen LogP contribution in [0.2, 0.25) is 0 Å². The van der Waals surface area contributed by atoms with Crippen LogP contribution < -0.4 is 27.3 Å². The molecular weight excluding hydrogens is 612 g/mol. The van der Waals surface area contributed by atoms with E-state index in [1.807, 2.05) is 0 Å². The monoisotopic (exact) mass is 703 g/mol.